The quantitative estimate of drug-likeness (QED) is 0.189. The number of ether oxygens (including phenoxy) is 1. The van der Waals surface area contributed by atoms with Gasteiger partial charge >= 0.3 is 12.1 Å². The Morgan fingerprint density at radius 1 is 1.06 bits per heavy atom. The van der Waals surface area contributed by atoms with Crippen LogP contribution in [0.2, 0.25) is 0 Å². The van der Waals surface area contributed by atoms with Crippen LogP contribution in [0.1, 0.15) is 52.4 Å². The maximum absolute atomic E-state index is 11.9. The Bertz CT molecular complexity index is 578. The maximum atomic E-state index is 11.9. The first-order valence-corrected chi connectivity index (χ1v) is 12.6. The molecule has 5 N–H and O–H groups in total. The molecule has 3 unspecified atom stereocenters. The van der Waals surface area contributed by atoms with Crippen LogP contribution in [0.15, 0.2) is 0 Å². The van der Waals surface area contributed by atoms with E-state index < -0.39 is 0 Å². The average Bonchev–Trinajstić information content (AvgIpc) is 3.27. The fourth-order valence-corrected chi connectivity index (χ4v) is 5.28. The fourth-order valence-electron chi connectivity index (χ4n) is 3.74. The van der Waals surface area contributed by atoms with Gasteiger partial charge in [0.05, 0.1) is 25.3 Å². The highest BCUT2D eigenvalue weighted by Gasteiger charge is 2.42. The van der Waals surface area contributed by atoms with E-state index in [2.05, 4.69) is 40.4 Å². The van der Waals surface area contributed by atoms with E-state index in [-0.39, 0.29) is 30.1 Å². The molecular formula is C21H39N5O4S. The van der Waals surface area contributed by atoms with Crippen LogP contribution in [-0.2, 0) is 9.53 Å². The van der Waals surface area contributed by atoms with Crippen LogP contribution in [0.4, 0.5) is 9.59 Å². The number of urea groups is 2. The summed E-state index contributed by atoms with van der Waals surface area (Å²) in [6.07, 6.45) is 5.44. The van der Waals surface area contributed by atoms with E-state index in [9.17, 15) is 14.4 Å². The number of nitrogens with one attached hydrogen (secondary N) is 5. The summed E-state index contributed by atoms with van der Waals surface area (Å²) < 4.78 is 5.43. The van der Waals surface area contributed by atoms with Gasteiger partial charge in [-0.05, 0) is 31.6 Å². The summed E-state index contributed by atoms with van der Waals surface area (Å²) in [6.45, 7) is 6.79. The Balaban J connectivity index is 1.35. The number of fused-ring (bicyclic) bond motifs is 1. The summed E-state index contributed by atoms with van der Waals surface area (Å²) in [4.78, 5) is 34.9. The molecular weight excluding hydrogens is 418 g/mol. The van der Waals surface area contributed by atoms with E-state index in [1.165, 1.54) is 0 Å². The second kappa shape index (κ2) is 14.4. The zero-order valence-corrected chi connectivity index (χ0v) is 19.7. The summed E-state index contributed by atoms with van der Waals surface area (Å²) in [5.74, 6) is 1.65. The standard InChI is InChI=1S/C21H39N5O4S/c1-15(2)6-5-9-23-20(28)24-11-13-30-12-10-22-18(27)8-4-3-7-17-19-16(14-31-17)25-21(29)26-19/h15-17,19H,3-14H2,1-2H3,(H,22,27)(H2,23,24,28)(H2,25,26,29). The van der Waals surface area contributed by atoms with Crippen LogP contribution in [0.5, 0.6) is 0 Å². The Labute approximate surface area is 189 Å². The number of rotatable bonds is 15. The third-order valence-corrected chi connectivity index (χ3v) is 6.93. The van der Waals surface area contributed by atoms with Crippen molar-refractivity contribution in [3.05, 3.63) is 0 Å². The average molecular weight is 458 g/mol. The number of amides is 5. The molecule has 2 heterocycles. The molecule has 0 aromatic heterocycles. The van der Waals surface area contributed by atoms with Crippen LogP contribution in [0, 0.1) is 5.92 Å². The number of carbonyl (C=O) groups is 3. The molecule has 0 aromatic carbocycles. The molecule has 2 fully saturated rings. The highest BCUT2D eigenvalue weighted by Crippen LogP contribution is 2.33. The molecule has 0 aromatic rings. The van der Waals surface area contributed by atoms with Gasteiger partial charge in [0.2, 0.25) is 5.91 Å². The van der Waals surface area contributed by atoms with Crippen molar-refractivity contribution >= 4 is 29.7 Å². The normalized spacial score (nSPS) is 22.0. The van der Waals surface area contributed by atoms with Crippen LogP contribution >= 0.6 is 11.8 Å². The van der Waals surface area contributed by atoms with Gasteiger partial charge in [-0.25, -0.2) is 9.59 Å². The molecule has 31 heavy (non-hydrogen) atoms. The fraction of sp³-hybridized carbons (Fsp3) is 0.857. The van der Waals surface area contributed by atoms with Gasteiger partial charge in [0.1, 0.15) is 0 Å². The summed E-state index contributed by atoms with van der Waals surface area (Å²) in [5.41, 5.74) is 0. The lowest BCUT2D eigenvalue weighted by Gasteiger charge is -2.16. The van der Waals surface area contributed by atoms with E-state index in [0.717, 1.165) is 37.9 Å². The van der Waals surface area contributed by atoms with Crippen molar-refractivity contribution in [3.8, 4) is 0 Å². The zero-order chi connectivity index (χ0) is 22.5. The zero-order valence-electron chi connectivity index (χ0n) is 18.8. The molecule has 0 aliphatic carbocycles. The minimum atomic E-state index is -0.168. The Kier molecular flexibility index (Phi) is 11.9. The number of thioether (sulfide) groups is 1. The van der Waals surface area contributed by atoms with E-state index >= 15 is 0 Å². The number of hydrogen-bond acceptors (Lipinski definition) is 5. The number of hydrogen-bond donors (Lipinski definition) is 5. The molecule has 0 saturated carbocycles. The van der Waals surface area contributed by atoms with Crippen molar-refractivity contribution < 1.29 is 19.1 Å². The van der Waals surface area contributed by atoms with E-state index in [1.54, 1.807) is 0 Å². The molecule has 5 amide bonds. The maximum Gasteiger partial charge on any atom is 0.315 e. The van der Waals surface area contributed by atoms with Gasteiger partial charge in [-0.3, -0.25) is 4.79 Å². The lowest BCUT2D eigenvalue weighted by atomic mass is 10.0. The first-order valence-electron chi connectivity index (χ1n) is 11.5. The Morgan fingerprint density at radius 2 is 1.81 bits per heavy atom. The SMILES string of the molecule is CC(C)CCCNC(=O)NCCOCCNC(=O)CCCCC1SCC2NC(=O)NC21. The van der Waals surface area contributed by atoms with Crippen molar-refractivity contribution in [2.24, 2.45) is 5.92 Å². The van der Waals surface area contributed by atoms with Gasteiger partial charge in [0.25, 0.3) is 0 Å². The van der Waals surface area contributed by atoms with Crippen molar-refractivity contribution in [2.45, 2.75) is 69.7 Å². The van der Waals surface area contributed by atoms with Crippen molar-refractivity contribution in [2.75, 3.05) is 38.6 Å². The van der Waals surface area contributed by atoms with Gasteiger partial charge in [-0.15, -0.1) is 0 Å². The van der Waals surface area contributed by atoms with Gasteiger partial charge in [0.15, 0.2) is 0 Å². The number of carbonyl (C=O) groups excluding carboxylic acids is 3. The topological polar surface area (TPSA) is 121 Å². The third kappa shape index (κ3) is 10.5. The van der Waals surface area contributed by atoms with Crippen molar-refractivity contribution in [1.29, 1.82) is 0 Å². The minimum absolute atomic E-state index is 0.0373. The molecule has 0 bridgehead atoms. The number of unbranched alkanes of at least 4 members (excludes halogenated alkanes) is 1. The van der Waals surface area contributed by atoms with Gasteiger partial charge < -0.3 is 31.3 Å². The molecule has 2 rings (SSSR count). The molecule has 9 nitrogen and oxygen atoms in total. The van der Waals surface area contributed by atoms with Gasteiger partial charge in [0, 0.05) is 37.1 Å². The molecule has 2 aliphatic heterocycles. The second-order valence-electron chi connectivity index (χ2n) is 8.55. The van der Waals surface area contributed by atoms with Gasteiger partial charge in [-0.1, -0.05) is 20.3 Å². The monoisotopic (exact) mass is 457 g/mol. The summed E-state index contributed by atoms with van der Waals surface area (Å²) in [6, 6.07) is 0.260. The molecule has 0 radical (unpaired) electrons. The van der Waals surface area contributed by atoms with E-state index in [4.69, 9.17) is 4.74 Å². The molecule has 0 spiro atoms. The molecule has 2 aliphatic rings. The molecule has 3 atom stereocenters. The third-order valence-electron chi connectivity index (χ3n) is 5.42. The molecule has 178 valence electrons. The summed E-state index contributed by atoms with van der Waals surface area (Å²) in [7, 11) is 0. The summed E-state index contributed by atoms with van der Waals surface area (Å²) in [5, 5.41) is 14.8. The first-order chi connectivity index (χ1) is 15.0. The molecule has 10 heteroatoms. The Morgan fingerprint density at radius 3 is 2.58 bits per heavy atom. The second-order valence-corrected chi connectivity index (χ2v) is 9.82. The van der Waals surface area contributed by atoms with E-state index in [0.29, 0.717) is 50.4 Å². The minimum Gasteiger partial charge on any atom is -0.378 e. The lowest BCUT2D eigenvalue weighted by Crippen LogP contribution is -2.38. The highest BCUT2D eigenvalue weighted by molar-refractivity contribution is 8.00. The van der Waals surface area contributed by atoms with Crippen LogP contribution < -0.4 is 26.6 Å². The van der Waals surface area contributed by atoms with Crippen molar-refractivity contribution in [1.82, 2.24) is 26.6 Å². The highest BCUT2D eigenvalue weighted by atomic mass is 32.2. The summed E-state index contributed by atoms with van der Waals surface area (Å²) >= 11 is 1.90. The largest absolute Gasteiger partial charge is 0.378 e. The van der Waals surface area contributed by atoms with Crippen molar-refractivity contribution in [3.63, 3.8) is 0 Å². The smallest absolute Gasteiger partial charge is 0.315 e. The predicted octanol–water partition coefficient (Wildman–Crippen LogP) is 1.58. The predicted molar refractivity (Wildman–Crippen MR) is 123 cm³/mol. The molecule has 2 saturated heterocycles. The van der Waals surface area contributed by atoms with E-state index in [1.807, 2.05) is 11.8 Å². The first kappa shape index (κ1) is 25.6. The van der Waals surface area contributed by atoms with Crippen LogP contribution in [-0.4, -0.2) is 73.9 Å². The van der Waals surface area contributed by atoms with Gasteiger partial charge in [-0.2, -0.15) is 11.8 Å². The Hall–Kier alpha value is -1.68. The van der Waals surface area contributed by atoms with Crippen LogP contribution in [0.3, 0.4) is 0 Å². The lowest BCUT2D eigenvalue weighted by molar-refractivity contribution is -0.121. The van der Waals surface area contributed by atoms with Crippen LogP contribution in [0.25, 0.3) is 0 Å².